The first-order valence-corrected chi connectivity index (χ1v) is 6.94. The second-order valence-electron chi connectivity index (χ2n) is 4.41. The van der Waals surface area contributed by atoms with Crippen molar-refractivity contribution in [3.05, 3.63) is 40.4 Å². The zero-order chi connectivity index (χ0) is 13.7. The minimum Gasteiger partial charge on any atom is -0.352 e. The fraction of sp³-hybridized carbons (Fsp3) is 0.286. The monoisotopic (exact) mass is 322 g/mol. The lowest BCUT2D eigenvalue weighted by molar-refractivity contribution is -0.124. The van der Waals surface area contributed by atoms with Crippen LogP contribution < -0.4 is 10.6 Å². The zero-order valence-corrected chi connectivity index (χ0v) is 11.9. The Morgan fingerprint density at radius 1 is 1.32 bits per heavy atom. The molecule has 1 aliphatic rings. The second kappa shape index (κ2) is 6.52. The predicted molar refractivity (Wildman–Crippen MR) is 77.4 cm³/mol. The molecule has 1 aliphatic carbocycles. The second-order valence-corrected chi connectivity index (χ2v) is 5.27. The third-order valence-corrected chi connectivity index (χ3v) is 3.41. The van der Waals surface area contributed by atoms with E-state index in [0.717, 1.165) is 22.9 Å². The number of hydrogen-bond donors (Lipinski definition) is 2. The van der Waals surface area contributed by atoms with Crippen LogP contribution in [0.3, 0.4) is 0 Å². The lowest BCUT2D eigenvalue weighted by Crippen LogP contribution is -2.37. The fourth-order valence-electron chi connectivity index (χ4n) is 1.51. The molecule has 100 valence electrons. The highest BCUT2D eigenvalue weighted by molar-refractivity contribution is 9.10. The van der Waals surface area contributed by atoms with E-state index in [1.54, 1.807) is 6.08 Å². The Balaban J connectivity index is 1.77. The Hall–Kier alpha value is -1.62. The lowest BCUT2D eigenvalue weighted by atomic mass is 10.2. The van der Waals surface area contributed by atoms with Gasteiger partial charge in [-0.2, -0.15) is 0 Å². The van der Waals surface area contributed by atoms with Gasteiger partial charge in [0.15, 0.2) is 0 Å². The molecule has 1 aromatic carbocycles. The maximum Gasteiger partial charge on any atom is 0.244 e. The van der Waals surface area contributed by atoms with Gasteiger partial charge in [-0.1, -0.05) is 34.1 Å². The van der Waals surface area contributed by atoms with Gasteiger partial charge in [0.2, 0.25) is 11.8 Å². The van der Waals surface area contributed by atoms with Crippen molar-refractivity contribution in [2.24, 2.45) is 0 Å². The highest BCUT2D eigenvalue weighted by atomic mass is 79.9. The Labute approximate surface area is 120 Å². The van der Waals surface area contributed by atoms with E-state index in [4.69, 9.17) is 0 Å². The Morgan fingerprint density at radius 3 is 2.74 bits per heavy atom. The lowest BCUT2D eigenvalue weighted by Gasteiger charge is -2.03. The average Bonchev–Trinajstić information content (AvgIpc) is 3.19. The standard InChI is InChI=1S/C14H15BrN2O2/c15-12-4-2-1-3-10(12)5-8-13(18)16-9-14(19)17-11-6-7-11/h1-5,8,11H,6-7,9H2,(H,16,18)(H,17,19)/b8-5+. The van der Waals surface area contributed by atoms with Crippen LogP contribution in [0.2, 0.25) is 0 Å². The maximum atomic E-state index is 11.5. The third-order valence-electron chi connectivity index (χ3n) is 2.69. The number of nitrogens with one attached hydrogen (secondary N) is 2. The quantitative estimate of drug-likeness (QED) is 0.813. The van der Waals surface area contributed by atoms with Crippen molar-refractivity contribution in [2.45, 2.75) is 18.9 Å². The van der Waals surface area contributed by atoms with E-state index in [1.165, 1.54) is 6.08 Å². The van der Waals surface area contributed by atoms with E-state index in [1.807, 2.05) is 24.3 Å². The van der Waals surface area contributed by atoms with Crippen LogP contribution in [-0.4, -0.2) is 24.4 Å². The summed E-state index contributed by atoms with van der Waals surface area (Å²) in [5.41, 5.74) is 0.917. The summed E-state index contributed by atoms with van der Waals surface area (Å²) in [6.07, 6.45) is 5.21. The molecule has 1 aromatic rings. The maximum absolute atomic E-state index is 11.5. The molecule has 19 heavy (non-hydrogen) atoms. The van der Waals surface area contributed by atoms with Crippen LogP contribution in [-0.2, 0) is 9.59 Å². The van der Waals surface area contributed by atoms with Gasteiger partial charge in [0.05, 0.1) is 6.54 Å². The molecule has 0 spiro atoms. The highest BCUT2D eigenvalue weighted by Crippen LogP contribution is 2.18. The van der Waals surface area contributed by atoms with Crippen molar-refractivity contribution in [1.29, 1.82) is 0 Å². The van der Waals surface area contributed by atoms with Crippen LogP contribution in [0.25, 0.3) is 6.08 Å². The minimum atomic E-state index is -0.276. The third kappa shape index (κ3) is 4.87. The van der Waals surface area contributed by atoms with E-state index >= 15 is 0 Å². The number of rotatable bonds is 5. The van der Waals surface area contributed by atoms with Crippen LogP contribution >= 0.6 is 15.9 Å². The van der Waals surface area contributed by atoms with Crippen LogP contribution in [0.4, 0.5) is 0 Å². The number of hydrogen-bond acceptors (Lipinski definition) is 2. The van der Waals surface area contributed by atoms with Gasteiger partial charge in [0.1, 0.15) is 0 Å². The van der Waals surface area contributed by atoms with Crippen molar-refractivity contribution >= 4 is 33.8 Å². The minimum absolute atomic E-state index is 0.0234. The van der Waals surface area contributed by atoms with Crippen LogP contribution in [0.1, 0.15) is 18.4 Å². The highest BCUT2D eigenvalue weighted by Gasteiger charge is 2.22. The summed E-state index contributed by atoms with van der Waals surface area (Å²) in [6.45, 7) is 0.0234. The Kier molecular flexibility index (Phi) is 4.74. The summed E-state index contributed by atoms with van der Waals surface area (Å²) in [7, 11) is 0. The number of amides is 2. The summed E-state index contributed by atoms with van der Waals surface area (Å²) >= 11 is 3.40. The van der Waals surface area contributed by atoms with Crippen molar-refractivity contribution in [1.82, 2.24) is 10.6 Å². The SMILES string of the molecule is O=C(/C=C/c1ccccc1Br)NCC(=O)NC1CC1. The van der Waals surface area contributed by atoms with Crippen LogP contribution in [0.5, 0.6) is 0 Å². The first-order chi connectivity index (χ1) is 9.15. The van der Waals surface area contributed by atoms with Crippen molar-refractivity contribution < 1.29 is 9.59 Å². The molecule has 0 aliphatic heterocycles. The summed E-state index contributed by atoms with van der Waals surface area (Å²) in [4.78, 5) is 22.9. The molecule has 1 saturated carbocycles. The number of halogens is 1. The molecule has 0 bridgehead atoms. The van der Waals surface area contributed by atoms with Gasteiger partial charge in [-0.3, -0.25) is 9.59 Å². The topological polar surface area (TPSA) is 58.2 Å². The molecular weight excluding hydrogens is 308 g/mol. The Bertz CT molecular complexity index is 510. The van der Waals surface area contributed by atoms with Crippen molar-refractivity contribution in [3.63, 3.8) is 0 Å². The fourth-order valence-corrected chi connectivity index (χ4v) is 1.93. The molecule has 1 fully saturated rings. The molecule has 0 radical (unpaired) electrons. The van der Waals surface area contributed by atoms with Crippen LogP contribution in [0.15, 0.2) is 34.8 Å². The number of benzene rings is 1. The van der Waals surface area contributed by atoms with E-state index in [9.17, 15) is 9.59 Å². The normalized spacial score (nSPS) is 14.4. The van der Waals surface area contributed by atoms with Gasteiger partial charge >= 0.3 is 0 Å². The molecule has 0 unspecified atom stereocenters. The molecule has 4 nitrogen and oxygen atoms in total. The van der Waals surface area contributed by atoms with Gasteiger partial charge in [-0.25, -0.2) is 0 Å². The van der Waals surface area contributed by atoms with E-state index < -0.39 is 0 Å². The molecule has 2 N–H and O–H groups in total. The zero-order valence-electron chi connectivity index (χ0n) is 10.4. The van der Waals surface area contributed by atoms with Gasteiger partial charge in [0.25, 0.3) is 0 Å². The summed E-state index contributed by atoms with van der Waals surface area (Å²) < 4.78 is 0.922. The Morgan fingerprint density at radius 2 is 2.05 bits per heavy atom. The van der Waals surface area contributed by atoms with Gasteiger partial charge in [-0.15, -0.1) is 0 Å². The molecule has 2 amide bonds. The van der Waals surface area contributed by atoms with Crippen molar-refractivity contribution in [2.75, 3.05) is 6.54 Å². The summed E-state index contributed by atoms with van der Waals surface area (Å²) in [6, 6.07) is 7.92. The molecule has 0 heterocycles. The molecular formula is C14H15BrN2O2. The summed E-state index contributed by atoms with van der Waals surface area (Å²) in [5, 5.41) is 5.36. The van der Waals surface area contributed by atoms with Crippen molar-refractivity contribution in [3.8, 4) is 0 Å². The van der Waals surface area contributed by atoms with Gasteiger partial charge < -0.3 is 10.6 Å². The molecule has 0 saturated heterocycles. The largest absolute Gasteiger partial charge is 0.352 e. The first-order valence-electron chi connectivity index (χ1n) is 6.15. The van der Waals surface area contributed by atoms with Gasteiger partial charge in [0, 0.05) is 16.6 Å². The number of carbonyl (C=O) groups is 2. The summed E-state index contributed by atoms with van der Waals surface area (Å²) in [5.74, 6) is -0.410. The van der Waals surface area contributed by atoms with E-state index in [2.05, 4.69) is 26.6 Å². The van der Waals surface area contributed by atoms with Crippen LogP contribution in [0, 0.1) is 0 Å². The molecule has 2 rings (SSSR count). The molecule has 5 heteroatoms. The van der Waals surface area contributed by atoms with Gasteiger partial charge in [-0.05, 0) is 30.5 Å². The molecule has 0 aromatic heterocycles. The smallest absolute Gasteiger partial charge is 0.244 e. The molecule has 0 atom stereocenters. The van der Waals surface area contributed by atoms with E-state index in [0.29, 0.717) is 6.04 Å². The first kappa shape index (κ1) is 13.8. The van der Waals surface area contributed by atoms with E-state index in [-0.39, 0.29) is 18.4 Å². The average molecular weight is 323 g/mol. The predicted octanol–water partition coefficient (Wildman–Crippen LogP) is 1.86. The number of carbonyl (C=O) groups excluding carboxylic acids is 2.